The molecule has 2 aromatic rings. The summed E-state index contributed by atoms with van der Waals surface area (Å²) in [6.45, 7) is 3.80. The summed E-state index contributed by atoms with van der Waals surface area (Å²) in [6, 6.07) is 8.24. The van der Waals surface area contributed by atoms with E-state index < -0.39 is 0 Å². The maximum Gasteiger partial charge on any atom is 0.258 e. The molecule has 0 spiro atoms. The van der Waals surface area contributed by atoms with Crippen LogP contribution in [0.3, 0.4) is 0 Å². The zero-order chi connectivity index (χ0) is 21.2. The smallest absolute Gasteiger partial charge is 0.258 e. The molecule has 1 saturated carbocycles. The van der Waals surface area contributed by atoms with E-state index in [4.69, 9.17) is 4.74 Å². The molecule has 1 amide bonds. The Labute approximate surface area is 182 Å². The van der Waals surface area contributed by atoms with Crippen LogP contribution in [-0.4, -0.2) is 49.6 Å². The molecule has 8 heteroatoms. The second-order valence-corrected chi connectivity index (χ2v) is 8.47. The molecule has 1 aromatic carbocycles. The number of ether oxygens (including phenoxy) is 1. The Hall–Kier alpha value is -2.61. The van der Waals surface area contributed by atoms with Crippen molar-refractivity contribution >= 4 is 23.2 Å². The van der Waals surface area contributed by atoms with Crippen molar-refractivity contribution in [1.29, 1.82) is 0 Å². The van der Waals surface area contributed by atoms with Gasteiger partial charge in [0, 0.05) is 43.7 Å². The number of rotatable bonds is 11. The van der Waals surface area contributed by atoms with Gasteiger partial charge in [-0.05, 0) is 43.4 Å². The molecule has 0 unspecified atom stereocenters. The number of benzene rings is 1. The number of nitrogens with zero attached hydrogens (tertiary/aromatic N) is 2. The van der Waals surface area contributed by atoms with Crippen molar-refractivity contribution in [3.63, 3.8) is 0 Å². The summed E-state index contributed by atoms with van der Waals surface area (Å²) in [5.74, 6) is 1.46. The SMILES string of the molecule is CCc1cnc(CCNC(=NC)NCCc2ccc(OCC(=O)NC3CC3)cc2)s1. The first kappa shape index (κ1) is 22.1. The fraction of sp³-hybridized carbons (Fsp3) is 0.500. The van der Waals surface area contributed by atoms with Crippen molar-refractivity contribution in [2.45, 2.75) is 45.1 Å². The lowest BCUT2D eigenvalue weighted by atomic mass is 10.1. The van der Waals surface area contributed by atoms with Gasteiger partial charge in [-0.3, -0.25) is 9.79 Å². The maximum absolute atomic E-state index is 11.7. The lowest BCUT2D eigenvalue weighted by molar-refractivity contribution is -0.123. The van der Waals surface area contributed by atoms with Crippen molar-refractivity contribution in [2.24, 2.45) is 4.99 Å². The van der Waals surface area contributed by atoms with E-state index in [0.29, 0.717) is 11.8 Å². The largest absolute Gasteiger partial charge is 0.484 e. The van der Waals surface area contributed by atoms with Crippen LogP contribution in [0.5, 0.6) is 5.75 Å². The molecule has 1 heterocycles. The summed E-state index contributed by atoms with van der Waals surface area (Å²) < 4.78 is 5.54. The zero-order valence-electron chi connectivity index (χ0n) is 17.7. The monoisotopic (exact) mass is 429 g/mol. The zero-order valence-corrected chi connectivity index (χ0v) is 18.6. The van der Waals surface area contributed by atoms with Gasteiger partial charge in [0.2, 0.25) is 0 Å². The molecule has 0 atom stereocenters. The molecule has 162 valence electrons. The number of hydrogen-bond donors (Lipinski definition) is 3. The van der Waals surface area contributed by atoms with Gasteiger partial charge in [0.25, 0.3) is 5.91 Å². The van der Waals surface area contributed by atoms with Crippen LogP contribution >= 0.6 is 11.3 Å². The summed E-state index contributed by atoms with van der Waals surface area (Å²) in [4.78, 5) is 21.7. The van der Waals surface area contributed by atoms with Gasteiger partial charge in [-0.25, -0.2) is 4.98 Å². The number of thiazole rings is 1. The highest BCUT2D eigenvalue weighted by Gasteiger charge is 2.23. The molecule has 1 aliphatic rings. The second-order valence-electron chi connectivity index (χ2n) is 7.27. The molecular weight excluding hydrogens is 398 g/mol. The first-order chi connectivity index (χ1) is 14.7. The van der Waals surface area contributed by atoms with E-state index in [1.54, 1.807) is 18.4 Å². The molecule has 3 rings (SSSR count). The van der Waals surface area contributed by atoms with Crippen molar-refractivity contribution in [2.75, 3.05) is 26.7 Å². The minimum atomic E-state index is -0.0506. The van der Waals surface area contributed by atoms with E-state index in [2.05, 4.69) is 32.9 Å². The van der Waals surface area contributed by atoms with Gasteiger partial charge in [0.15, 0.2) is 12.6 Å². The third-order valence-electron chi connectivity index (χ3n) is 4.75. The summed E-state index contributed by atoms with van der Waals surface area (Å²) in [5, 5.41) is 10.7. The van der Waals surface area contributed by atoms with Crippen molar-refractivity contribution in [1.82, 2.24) is 20.9 Å². The number of nitrogens with one attached hydrogen (secondary N) is 3. The second kappa shape index (κ2) is 11.5. The van der Waals surface area contributed by atoms with E-state index in [0.717, 1.165) is 56.2 Å². The number of hydrogen-bond acceptors (Lipinski definition) is 5. The number of amides is 1. The highest BCUT2D eigenvalue weighted by atomic mass is 32.1. The topological polar surface area (TPSA) is 87.6 Å². The number of guanidine groups is 1. The standard InChI is InChI=1S/C22H31N5O2S/c1-3-19-14-26-21(30-19)11-13-25-22(23-2)24-12-10-16-4-8-18(9-5-16)29-15-20(28)27-17-6-7-17/h4-5,8-9,14,17H,3,6-7,10-13,15H2,1-2H3,(H,27,28)(H2,23,24,25). The molecule has 1 aliphatic carbocycles. The van der Waals surface area contributed by atoms with Gasteiger partial charge >= 0.3 is 0 Å². The number of aliphatic imine (C=N–C) groups is 1. The average Bonchev–Trinajstić information content (AvgIpc) is 3.46. The van der Waals surface area contributed by atoms with Gasteiger partial charge in [-0.1, -0.05) is 19.1 Å². The van der Waals surface area contributed by atoms with Crippen LogP contribution in [0.25, 0.3) is 0 Å². The van der Waals surface area contributed by atoms with Crippen molar-refractivity contribution in [3.05, 3.63) is 45.9 Å². The molecular formula is C22H31N5O2S. The Morgan fingerprint density at radius 1 is 1.20 bits per heavy atom. The molecule has 7 nitrogen and oxygen atoms in total. The van der Waals surface area contributed by atoms with Crippen LogP contribution in [0.15, 0.2) is 35.5 Å². The molecule has 0 saturated heterocycles. The molecule has 30 heavy (non-hydrogen) atoms. The van der Waals surface area contributed by atoms with Gasteiger partial charge < -0.3 is 20.7 Å². The van der Waals surface area contributed by atoms with Crippen LogP contribution in [0.4, 0.5) is 0 Å². The van der Waals surface area contributed by atoms with Gasteiger partial charge in [-0.2, -0.15) is 0 Å². The molecule has 0 bridgehead atoms. The lowest BCUT2D eigenvalue weighted by Gasteiger charge is -2.12. The van der Waals surface area contributed by atoms with Crippen LogP contribution in [-0.2, 0) is 24.1 Å². The average molecular weight is 430 g/mol. The summed E-state index contributed by atoms with van der Waals surface area (Å²) in [6.07, 6.45) is 6.94. The normalized spacial score (nSPS) is 13.7. The highest BCUT2D eigenvalue weighted by molar-refractivity contribution is 7.11. The Kier molecular flexibility index (Phi) is 8.50. The minimum Gasteiger partial charge on any atom is -0.484 e. The third-order valence-corrected chi connectivity index (χ3v) is 5.95. The summed E-state index contributed by atoms with van der Waals surface area (Å²) in [5.41, 5.74) is 1.20. The van der Waals surface area contributed by atoms with E-state index in [1.807, 2.05) is 30.5 Å². The number of carbonyl (C=O) groups is 1. The van der Waals surface area contributed by atoms with Crippen molar-refractivity contribution in [3.8, 4) is 5.75 Å². The van der Waals surface area contributed by atoms with Crippen LogP contribution in [0, 0.1) is 0 Å². The quantitative estimate of drug-likeness (QED) is 0.377. The first-order valence-electron chi connectivity index (χ1n) is 10.6. The van der Waals surface area contributed by atoms with E-state index >= 15 is 0 Å². The minimum absolute atomic E-state index is 0.0506. The number of aromatic nitrogens is 1. The molecule has 0 radical (unpaired) electrons. The third kappa shape index (κ3) is 7.67. The fourth-order valence-electron chi connectivity index (χ4n) is 2.86. The molecule has 1 aromatic heterocycles. The van der Waals surface area contributed by atoms with Crippen LogP contribution < -0.4 is 20.7 Å². The molecule has 1 fully saturated rings. The van der Waals surface area contributed by atoms with E-state index in [-0.39, 0.29) is 12.5 Å². The van der Waals surface area contributed by atoms with Gasteiger partial charge in [-0.15, -0.1) is 11.3 Å². The highest BCUT2D eigenvalue weighted by Crippen LogP contribution is 2.18. The van der Waals surface area contributed by atoms with Crippen LogP contribution in [0.2, 0.25) is 0 Å². The Balaban J connectivity index is 1.31. The van der Waals surface area contributed by atoms with Gasteiger partial charge in [0.1, 0.15) is 5.75 Å². The van der Waals surface area contributed by atoms with E-state index in [9.17, 15) is 4.79 Å². The van der Waals surface area contributed by atoms with E-state index in [1.165, 1.54) is 10.4 Å². The van der Waals surface area contributed by atoms with Crippen LogP contribution in [0.1, 0.15) is 35.2 Å². The Morgan fingerprint density at radius 3 is 2.57 bits per heavy atom. The predicted octanol–water partition coefficient (Wildman–Crippen LogP) is 2.31. The maximum atomic E-state index is 11.7. The predicted molar refractivity (Wildman–Crippen MR) is 121 cm³/mol. The summed E-state index contributed by atoms with van der Waals surface area (Å²) in [7, 11) is 1.78. The fourth-order valence-corrected chi connectivity index (χ4v) is 3.72. The number of carbonyl (C=O) groups excluding carboxylic acids is 1. The molecule has 3 N–H and O–H groups in total. The summed E-state index contributed by atoms with van der Waals surface area (Å²) >= 11 is 1.77. The Bertz CT molecular complexity index is 830. The molecule has 0 aliphatic heterocycles. The van der Waals surface area contributed by atoms with Gasteiger partial charge in [0.05, 0.1) is 5.01 Å². The number of aryl methyl sites for hydroxylation is 1. The first-order valence-corrected chi connectivity index (χ1v) is 11.4. The Morgan fingerprint density at radius 2 is 1.93 bits per heavy atom. The van der Waals surface area contributed by atoms with Crippen molar-refractivity contribution < 1.29 is 9.53 Å². The lowest BCUT2D eigenvalue weighted by Crippen LogP contribution is -2.39.